The van der Waals surface area contributed by atoms with E-state index in [4.69, 9.17) is 9.47 Å². The number of ketones is 1. The molecule has 2 aliphatic rings. The molecule has 3 atom stereocenters. The van der Waals surface area contributed by atoms with Crippen LogP contribution in [0.25, 0.3) is 0 Å². The van der Waals surface area contributed by atoms with Gasteiger partial charge in [0, 0.05) is 30.3 Å². The maximum Gasteiger partial charge on any atom is 0.322 e. The van der Waals surface area contributed by atoms with Crippen LogP contribution in [0.2, 0.25) is 0 Å². The third kappa shape index (κ3) is 4.60. The predicted octanol–water partition coefficient (Wildman–Crippen LogP) is 2.35. The quantitative estimate of drug-likeness (QED) is 0.427. The summed E-state index contributed by atoms with van der Waals surface area (Å²) in [4.78, 5) is 52.5. The molecule has 0 unspecified atom stereocenters. The highest BCUT2D eigenvalue weighted by molar-refractivity contribution is 6.13. The summed E-state index contributed by atoms with van der Waals surface area (Å²) in [5.74, 6) is -1.67. The number of carbonyl (C=O) groups excluding carboxylic acids is 4. The molecule has 172 valence electrons. The number of likely N-dealkylation sites (tertiary alicyclic amines) is 1. The SMILES string of the molecule is C=C1C(=O)[C@](C)(C(=O)OC)[C@@H](CC(=O)N2CCC(C(=O)Nc3ccccc3)CC2)O[C@H]1C. The van der Waals surface area contributed by atoms with E-state index in [9.17, 15) is 19.2 Å². The first-order valence-corrected chi connectivity index (χ1v) is 10.8. The summed E-state index contributed by atoms with van der Waals surface area (Å²) in [5, 5.41) is 2.91. The van der Waals surface area contributed by atoms with Gasteiger partial charge in [-0.25, -0.2) is 0 Å². The highest BCUT2D eigenvalue weighted by Crippen LogP contribution is 2.39. The van der Waals surface area contributed by atoms with E-state index in [1.807, 2.05) is 30.3 Å². The number of anilines is 1. The summed E-state index contributed by atoms with van der Waals surface area (Å²) in [6.07, 6.45) is -0.595. The van der Waals surface area contributed by atoms with E-state index in [1.54, 1.807) is 11.8 Å². The molecule has 1 aromatic carbocycles. The minimum Gasteiger partial charge on any atom is -0.468 e. The number of esters is 1. The Morgan fingerprint density at radius 1 is 1.22 bits per heavy atom. The van der Waals surface area contributed by atoms with Gasteiger partial charge in [0.2, 0.25) is 11.8 Å². The van der Waals surface area contributed by atoms with Crippen molar-refractivity contribution in [3.05, 3.63) is 42.5 Å². The van der Waals surface area contributed by atoms with Gasteiger partial charge in [-0.1, -0.05) is 24.8 Å². The van der Waals surface area contributed by atoms with Gasteiger partial charge in [0.25, 0.3) is 0 Å². The maximum atomic E-state index is 13.0. The molecule has 0 spiro atoms. The number of methoxy groups -OCH3 is 1. The minimum atomic E-state index is -1.62. The standard InChI is InChI=1S/C24H30N2O6/c1-15-16(2)32-19(24(3,21(15)28)23(30)31-4)14-20(27)26-12-10-17(11-13-26)22(29)25-18-8-6-5-7-9-18/h5-9,16-17,19H,1,10-14H2,2-4H3,(H,25,29)/t16-,19+,24+/m0/s1. The van der Waals surface area contributed by atoms with Crippen LogP contribution in [0.3, 0.4) is 0 Å². The second-order valence-corrected chi connectivity index (χ2v) is 8.53. The predicted molar refractivity (Wildman–Crippen MR) is 118 cm³/mol. The van der Waals surface area contributed by atoms with Gasteiger partial charge in [0.1, 0.15) is 0 Å². The van der Waals surface area contributed by atoms with Gasteiger partial charge in [0.15, 0.2) is 11.2 Å². The molecule has 0 saturated carbocycles. The Morgan fingerprint density at radius 3 is 2.44 bits per heavy atom. The van der Waals surface area contributed by atoms with Crippen molar-refractivity contribution in [3.8, 4) is 0 Å². The highest BCUT2D eigenvalue weighted by Gasteiger charge is 2.55. The third-order valence-electron chi connectivity index (χ3n) is 6.50. The van der Waals surface area contributed by atoms with E-state index in [1.165, 1.54) is 14.0 Å². The van der Waals surface area contributed by atoms with Crippen molar-refractivity contribution in [3.63, 3.8) is 0 Å². The van der Waals surface area contributed by atoms with E-state index >= 15 is 0 Å². The number of piperidine rings is 1. The van der Waals surface area contributed by atoms with Crippen molar-refractivity contribution in [2.45, 2.75) is 45.3 Å². The summed E-state index contributed by atoms with van der Waals surface area (Å²) in [5.41, 5.74) is -0.693. The largest absolute Gasteiger partial charge is 0.468 e. The number of amides is 2. The van der Waals surface area contributed by atoms with Crippen molar-refractivity contribution >= 4 is 29.3 Å². The summed E-state index contributed by atoms with van der Waals surface area (Å²) >= 11 is 0. The van der Waals surface area contributed by atoms with Crippen LogP contribution in [0.4, 0.5) is 5.69 Å². The molecule has 0 radical (unpaired) electrons. The summed E-state index contributed by atoms with van der Waals surface area (Å²) < 4.78 is 10.7. The zero-order chi connectivity index (χ0) is 23.5. The fourth-order valence-corrected chi connectivity index (χ4v) is 4.26. The second-order valence-electron chi connectivity index (χ2n) is 8.53. The lowest BCUT2D eigenvalue weighted by Gasteiger charge is -2.41. The Hall–Kier alpha value is -3.00. The second kappa shape index (κ2) is 9.65. The fourth-order valence-electron chi connectivity index (χ4n) is 4.26. The number of Topliss-reactive ketones (excluding diaryl/α,β-unsaturated/α-hetero) is 1. The van der Waals surface area contributed by atoms with E-state index in [0.29, 0.717) is 25.9 Å². The van der Waals surface area contributed by atoms with Crippen molar-refractivity contribution in [2.24, 2.45) is 11.3 Å². The molecule has 2 aliphatic heterocycles. The van der Waals surface area contributed by atoms with Crippen LogP contribution in [0.15, 0.2) is 42.5 Å². The number of rotatable bonds is 5. The Kier molecular flexibility index (Phi) is 7.13. The van der Waals surface area contributed by atoms with Gasteiger partial charge in [-0.15, -0.1) is 0 Å². The first-order valence-electron chi connectivity index (χ1n) is 10.8. The topological polar surface area (TPSA) is 102 Å². The number of carbonyl (C=O) groups is 4. The third-order valence-corrected chi connectivity index (χ3v) is 6.50. The van der Waals surface area contributed by atoms with Crippen LogP contribution < -0.4 is 5.32 Å². The molecule has 2 amide bonds. The molecule has 1 aromatic rings. The van der Waals surface area contributed by atoms with Crippen molar-refractivity contribution < 1.29 is 28.7 Å². The molecular weight excluding hydrogens is 412 g/mol. The molecule has 1 N–H and O–H groups in total. The van der Waals surface area contributed by atoms with Crippen LogP contribution in [-0.2, 0) is 28.7 Å². The van der Waals surface area contributed by atoms with Crippen LogP contribution in [0.5, 0.6) is 0 Å². The molecule has 32 heavy (non-hydrogen) atoms. The normalized spacial score (nSPS) is 26.5. The van der Waals surface area contributed by atoms with Crippen LogP contribution in [-0.4, -0.2) is 60.9 Å². The fraction of sp³-hybridized carbons (Fsp3) is 0.500. The van der Waals surface area contributed by atoms with Crippen molar-refractivity contribution in [2.75, 3.05) is 25.5 Å². The molecule has 0 aromatic heterocycles. The summed E-state index contributed by atoms with van der Waals surface area (Å²) in [6.45, 7) is 7.68. The van der Waals surface area contributed by atoms with E-state index in [-0.39, 0.29) is 29.7 Å². The Morgan fingerprint density at radius 2 is 1.84 bits per heavy atom. The maximum absolute atomic E-state index is 13.0. The number of para-hydroxylation sites is 1. The Balaban J connectivity index is 1.61. The van der Waals surface area contributed by atoms with Gasteiger partial charge >= 0.3 is 5.97 Å². The van der Waals surface area contributed by atoms with Gasteiger partial charge < -0.3 is 19.7 Å². The Labute approximate surface area is 187 Å². The van der Waals surface area contributed by atoms with E-state index < -0.39 is 29.4 Å². The molecule has 8 nitrogen and oxygen atoms in total. The van der Waals surface area contributed by atoms with Gasteiger partial charge in [-0.3, -0.25) is 19.2 Å². The molecule has 0 bridgehead atoms. The zero-order valence-electron chi connectivity index (χ0n) is 18.8. The molecule has 0 aliphatic carbocycles. The van der Waals surface area contributed by atoms with Crippen LogP contribution in [0, 0.1) is 11.3 Å². The molecule has 2 fully saturated rings. The van der Waals surface area contributed by atoms with Gasteiger partial charge in [-0.2, -0.15) is 0 Å². The van der Waals surface area contributed by atoms with E-state index in [2.05, 4.69) is 11.9 Å². The average Bonchev–Trinajstić information content (AvgIpc) is 2.81. The lowest BCUT2D eigenvalue weighted by molar-refractivity contribution is -0.176. The monoisotopic (exact) mass is 442 g/mol. The van der Waals surface area contributed by atoms with Crippen LogP contribution in [0.1, 0.15) is 33.1 Å². The number of ether oxygens (including phenoxy) is 2. The number of nitrogens with one attached hydrogen (secondary N) is 1. The van der Waals surface area contributed by atoms with Crippen molar-refractivity contribution in [1.29, 1.82) is 0 Å². The van der Waals surface area contributed by atoms with Gasteiger partial charge in [0.05, 0.1) is 25.7 Å². The summed E-state index contributed by atoms with van der Waals surface area (Å²) in [7, 11) is 1.20. The molecule has 2 heterocycles. The smallest absolute Gasteiger partial charge is 0.322 e. The molecule has 8 heteroatoms. The summed E-state index contributed by atoms with van der Waals surface area (Å²) in [6, 6.07) is 9.25. The minimum absolute atomic E-state index is 0.0601. The van der Waals surface area contributed by atoms with Crippen LogP contribution >= 0.6 is 0 Å². The number of nitrogens with zero attached hydrogens (tertiary/aromatic N) is 1. The number of benzene rings is 1. The van der Waals surface area contributed by atoms with Crippen molar-refractivity contribution in [1.82, 2.24) is 4.90 Å². The molecule has 2 saturated heterocycles. The first-order chi connectivity index (χ1) is 15.2. The molecule has 3 rings (SSSR count). The number of hydrogen-bond acceptors (Lipinski definition) is 6. The van der Waals surface area contributed by atoms with E-state index in [0.717, 1.165) is 5.69 Å². The first kappa shape index (κ1) is 23.7. The zero-order valence-corrected chi connectivity index (χ0v) is 18.8. The Bertz CT molecular complexity index is 906. The number of hydrogen-bond donors (Lipinski definition) is 1. The average molecular weight is 443 g/mol. The highest BCUT2D eigenvalue weighted by atomic mass is 16.5. The van der Waals surface area contributed by atoms with Gasteiger partial charge in [-0.05, 0) is 38.8 Å². The lowest BCUT2D eigenvalue weighted by Crippen LogP contribution is -2.56. The molecular formula is C24H30N2O6. The lowest BCUT2D eigenvalue weighted by atomic mass is 9.72.